The molecule has 1 aliphatic heterocycles. The SMILES string of the molecule is CCC(CC)=C(C1=C(C)CN(C(=O)c2cccnc2)C1)c1ccc(C(=O)O)cc1. The molecule has 0 fully saturated rings. The van der Waals surface area contributed by atoms with Crippen LogP contribution in [0.1, 0.15) is 59.9 Å². The van der Waals surface area contributed by atoms with E-state index in [1.54, 1.807) is 36.7 Å². The maximum absolute atomic E-state index is 12.9. The summed E-state index contributed by atoms with van der Waals surface area (Å²) >= 11 is 0. The van der Waals surface area contributed by atoms with Gasteiger partial charge in [0.05, 0.1) is 11.1 Å². The number of amides is 1. The largest absolute Gasteiger partial charge is 0.478 e. The van der Waals surface area contributed by atoms with Crippen molar-refractivity contribution in [3.63, 3.8) is 0 Å². The van der Waals surface area contributed by atoms with Gasteiger partial charge in [0.25, 0.3) is 5.91 Å². The fourth-order valence-electron chi connectivity index (χ4n) is 3.85. The smallest absolute Gasteiger partial charge is 0.335 e. The molecule has 0 unspecified atom stereocenters. The molecule has 0 radical (unpaired) electrons. The van der Waals surface area contributed by atoms with Crippen LogP contribution in [-0.2, 0) is 0 Å². The Labute approximate surface area is 171 Å². The van der Waals surface area contributed by atoms with Crippen LogP contribution in [0.5, 0.6) is 0 Å². The van der Waals surface area contributed by atoms with Crippen LogP contribution in [0.25, 0.3) is 5.57 Å². The molecule has 0 saturated heterocycles. The zero-order chi connectivity index (χ0) is 21.0. The van der Waals surface area contributed by atoms with Crippen molar-refractivity contribution in [2.24, 2.45) is 0 Å². The highest BCUT2D eigenvalue weighted by atomic mass is 16.4. The molecular formula is C24H26N2O3. The van der Waals surface area contributed by atoms with Crippen molar-refractivity contribution in [2.45, 2.75) is 33.6 Å². The van der Waals surface area contributed by atoms with Gasteiger partial charge in [0.15, 0.2) is 0 Å². The minimum Gasteiger partial charge on any atom is -0.478 e. The van der Waals surface area contributed by atoms with Crippen LogP contribution >= 0.6 is 0 Å². The van der Waals surface area contributed by atoms with Gasteiger partial charge in [-0.25, -0.2) is 4.79 Å². The average Bonchev–Trinajstić information content (AvgIpc) is 3.13. The molecule has 1 aromatic carbocycles. The quantitative estimate of drug-likeness (QED) is 0.767. The van der Waals surface area contributed by atoms with E-state index in [0.29, 0.717) is 18.7 Å². The highest BCUT2D eigenvalue weighted by molar-refractivity contribution is 5.96. The number of hydrogen-bond donors (Lipinski definition) is 1. The molecule has 0 atom stereocenters. The van der Waals surface area contributed by atoms with Crippen molar-refractivity contribution < 1.29 is 14.7 Å². The number of pyridine rings is 1. The highest BCUT2D eigenvalue weighted by Gasteiger charge is 2.28. The minimum absolute atomic E-state index is 0.0254. The Hall–Kier alpha value is -3.21. The standard InChI is InChI=1S/C24H26N2O3/c1-4-17(5-2)22(18-8-10-19(11-9-18)24(28)29)21-15-26(14-16(21)3)23(27)20-7-6-12-25-13-20/h6-13H,4-5,14-15H2,1-3H3,(H,28,29). The van der Waals surface area contributed by atoms with Crippen molar-refractivity contribution in [2.75, 3.05) is 13.1 Å². The summed E-state index contributed by atoms with van der Waals surface area (Å²) in [5.41, 5.74) is 6.63. The molecule has 2 aromatic rings. The molecule has 5 heteroatoms. The predicted octanol–water partition coefficient (Wildman–Crippen LogP) is 4.83. The minimum atomic E-state index is -0.933. The van der Waals surface area contributed by atoms with Gasteiger partial charge < -0.3 is 10.0 Å². The van der Waals surface area contributed by atoms with Crippen LogP contribution in [-0.4, -0.2) is 40.0 Å². The lowest BCUT2D eigenvalue weighted by Crippen LogP contribution is -2.29. The van der Waals surface area contributed by atoms with E-state index < -0.39 is 5.97 Å². The van der Waals surface area contributed by atoms with Crippen LogP contribution in [0.3, 0.4) is 0 Å². The predicted molar refractivity (Wildman–Crippen MR) is 114 cm³/mol. The second-order valence-corrected chi connectivity index (χ2v) is 7.23. The molecule has 1 aromatic heterocycles. The molecule has 5 nitrogen and oxygen atoms in total. The van der Waals surface area contributed by atoms with Gasteiger partial charge in [0, 0.05) is 25.5 Å². The number of benzene rings is 1. The lowest BCUT2D eigenvalue weighted by atomic mass is 9.88. The first-order chi connectivity index (χ1) is 14.0. The van der Waals surface area contributed by atoms with Gasteiger partial charge in [0.2, 0.25) is 0 Å². The molecule has 3 rings (SSSR count). The highest BCUT2D eigenvalue weighted by Crippen LogP contribution is 2.36. The lowest BCUT2D eigenvalue weighted by molar-refractivity contribution is 0.0696. The Kier molecular flexibility index (Phi) is 6.27. The summed E-state index contributed by atoms with van der Waals surface area (Å²) in [7, 11) is 0. The van der Waals surface area contributed by atoms with Crippen LogP contribution in [0.2, 0.25) is 0 Å². The van der Waals surface area contributed by atoms with Gasteiger partial charge in [-0.1, -0.05) is 31.6 Å². The Balaban J connectivity index is 1.96. The fourth-order valence-corrected chi connectivity index (χ4v) is 3.85. The normalized spacial score (nSPS) is 13.6. The topological polar surface area (TPSA) is 70.5 Å². The third kappa shape index (κ3) is 4.29. The molecular weight excluding hydrogens is 364 g/mol. The van der Waals surface area contributed by atoms with Crippen molar-refractivity contribution in [3.8, 4) is 0 Å². The van der Waals surface area contributed by atoms with Gasteiger partial charge in [-0.15, -0.1) is 0 Å². The molecule has 1 amide bonds. The number of aromatic carboxylic acids is 1. The molecule has 150 valence electrons. The van der Waals surface area contributed by atoms with E-state index >= 15 is 0 Å². The number of carbonyl (C=O) groups excluding carboxylic acids is 1. The van der Waals surface area contributed by atoms with Crippen LogP contribution in [0, 0.1) is 0 Å². The number of nitrogens with zero attached hydrogens (tertiary/aromatic N) is 2. The second-order valence-electron chi connectivity index (χ2n) is 7.23. The van der Waals surface area contributed by atoms with Crippen LogP contribution < -0.4 is 0 Å². The zero-order valence-corrected chi connectivity index (χ0v) is 17.1. The first kappa shape index (κ1) is 20.5. The number of allylic oxidation sites excluding steroid dienone is 1. The number of carbonyl (C=O) groups is 2. The number of carboxylic acids is 1. The first-order valence-corrected chi connectivity index (χ1v) is 9.90. The van der Waals surface area contributed by atoms with Gasteiger partial charge in [-0.05, 0) is 66.3 Å². The monoisotopic (exact) mass is 390 g/mol. The van der Waals surface area contributed by atoms with E-state index in [0.717, 1.165) is 29.6 Å². The van der Waals surface area contributed by atoms with Gasteiger partial charge >= 0.3 is 5.97 Å². The van der Waals surface area contributed by atoms with Crippen molar-refractivity contribution >= 4 is 17.4 Å². The summed E-state index contributed by atoms with van der Waals surface area (Å²) in [5, 5.41) is 9.20. The fraction of sp³-hybridized carbons (Fsp3) is 0.292. The molecule has 1 aliphatic rings. The van der Waals surface area contributed by atoms with Gasteiger partial charge in [0.1, 0.15) is 0 Å². The lowest BCUT2D eigenvalue weighted by Gasteiger charge is -2.19. The third-order valence-corrected chi connectivity index (χ3v) is 5.42. The number of hydrogen-bond acceptors (Lipinski definition) is 3. The van der Waals surface area contributed by atoms with E-state index in [2.05, 4.69) is 25.8 Å². The molecule has 29 heavy (non-hydrogen) atoms. The molecule has 0 aliphatic carbocycles. The van der Waals surface area contributed by atoms with E-state index in [1.807, 2.05) is 17.0 Å². The van der Waals surface area contributed by atoms with E-state index in [1.165, 1.54) is 11.1 Å². The third-order valence-electron chi connectivity index (χ3n) is 5.42. The van der Waals surface area contributed by atoms with E-state index in [-0.39, 0.29) is 11.5 Å². The Morgan fingerprint density at radius 2 is 1.66 bits per heavy atom. The van der Waals surface area contributed by atoms with Gasteiger partial charge in [-0.3, -0.25) is 9.78 Å². The Morgan fingerprint density at radius 1 is 1.00 bits per heavy atom. The summed E-state index contributed by atoms with van der Waals surface area (Å²) < 4.78 is 0. The number of aromatic nitrogens is 1. The maximum atomic E-state index is 12.9. The summed E-state index contributed by atoms with van der Waals surface area (Å²) in [6, 6.07) is 10.6. The van der Waals surface area contributed by atoms with E-state index in [4.69, 9.17) is 0 Å². The Bertz CT molecular complexity index is 967. The molecule has 0 saturated carbocycles. The second kappa shape index (κ2) is 8.86. The van der Waals surface area contributed by atoms with Crippen molar-refractivity contribution in [1.82, 2.24) is 9.88 Å². The summed E-state index contributed by atoms with van der Waals surface area (Å²) in [4.78, 5) is 30.0. The van der Waals surface area contributed by atoms with E-state index in [9.17, 15) is 14.7 Å². The first-order valence-electron chi connectivity index (χ1n) is 9.90. The number of rotatable bonds is 6. The zero-order valence-electron chi connectivity index (χ0n) is 17.1. The molecule has 2 heterocycles. The summed E-state index contributed by atoms with van der Waals surface area (Å²) in [5.74, 6) is -0.958. The Morgan fingerprint density at radius 3 is 2.21 bits per heavy atom. The average molecular weight is 390 g/mol. The molecule has 0 spiro atoms. The van der Waals surface area contributed by atoms with Crippen LogP contribution in [0.4, 0.5) is 0 Å². The number of carboxylic acid groups (broad SMARTS) is 1. The van der Waals surface area contributed by atoms with Crippen molar-refractivity contribution in [1.29, 1.82) is 0 Å². The van der Waals surface area contributed by atoms with Crippen LogP contribution in [0.15, 0.2) is 65.5 Å². The summed E-state index contributed by atoms with van der Waals surface area (Å²) in [6.07, 6.45) is 5.06. The summed E-state index contributed by atoms with van der Waals surface area (Å²) in [6.45, 7) is 7.46. The maximum Gasteiger partial charge on any atom is 0.335 e. The van der Waals surface area contributed by atoms with Gasteiger partial charge in [-0.2, -0.15) is 0 Å². The van der Waals surface area contributed by atoms with Crippen molar-refractivity contribution in [3.05, 3.63) is 82.2 Å². The molecule has 1 N–H and O–H groups in total. The molecule has 0 bridgehead atoms.